The summed E-state index contributed by atoms with van der Waals surface area (Å²) in [5.74, 6) is 0.300. The molecule has 0 radical (unpaired) electrons. The fourth-order valence-electron chi connectivity index (χ4n) is 2.38. The molecule has 0 spiro atoms. The summed E-state index contributed by atoms with van der Waals surface area (Å²) in [6.45, 7) is 6.53. The Bertz CT molecular complexity index is 889. The van der Waals surface area contributed by atoms with E-state index in [4.69, 9.17) is 0 Å². The second-order valence-electron chi connectivity index (χ2n) is 5.96. The Labute approximate surface area is 161 Å². The number of thioether (sulfide) groups is 1. The highest BCUT2D eigenvalue weighted by atomic mass is 32.2. The Kier molecular flexibility index (Phi) is 6.00. The predicted molar refractivity (Wildman–Crippen MR) is 106 cm³/mol. The zero-order chi connectivity index (χ0) is 18.5. The molecule has 5 nitrogen and oxygen atoms in total. The molecule has 0 saturated heterocycles. The summed E-state index contributed by atoms with van der Waals surface area (Å²) in [6, 6.07) is 12.0. The minimum Gasteiger partial charge on any atom is -0.351 e. The lowest BCUT2D eigenvalue weighted by Gasteiger charge is -2.05. The minimum atomic E-state index is -0.0182. The molecule has 2 heterocycles. The van der Waals surface area contributed by atoms with Gasteiger partial charge in [-0.1, -0.05) is 41.6 Å². The van der Waals surface area contributed by atoms with Gasteiger partial charge in [0.1, 0.15) is 10.7 Å². The molecule has 1 amide bonds. The average Bonchev–Trinajstić information content (AvgIpc) is 2.98. The fourth-order valence-corrected chi connectivity index (χ4v) is 3.91. The van der Waals surface area contributed by atoms with Gasteiger partial charge in [0.15, 0.2) is 0 Å². The van der Waals surface area contributed by atoms with Gasteiger partial charge in [-0.3, -0.25) is 4.79 Å². The van der Waals surface area contributed by atoms with E-state index in [-0.39, 0.29) is 5.91 Å². The maximum absolute atomic E-state index is 12.0. The Morgan fingerprint density at radius 2 is 1.85 bits per heavy atom. The van der Waals surface area contributed by atoms with Crippen molar-refractivity contribution in [1.82, 2.24) is 20.5 Å². The molecule has 1 N–H and O–H groups in total. The van der Waals surface area contributed by atoms with Gasteiger partial charge in [-0.2, -0.15) is 0 Å². The van der Waals surface area contributed by atoms with Crippen LogP contribution in [0.1, 0.15) is 21.8 Å². The van der Waals surface area contributed by atoms with E-state index in [2.05, 4.69) is 20.5 Å². The van der Waals surface area contributed by atoms with Crippen molar-refractivity contribution in [2.45, 2.75) is 32.3 Å². The molecule has 0 aliphatic carbocycles. The van der Waals surface area contributed by atoms with Crippen LogP contribution in [0.2, 0.25) is 0 Å². The van der Waals surface area contributed by atoms with Crippen LogP contribution in [-0.2, 0) is 11.3 Å². The van der Waals surface area contributed by atoms with Crippen LogP contribution < -0.4 is 5.32 Å². The Morgan fingerprint density at radius 3 is 2.46 bits per heavy atom. The minimum absolute atomic E-state index is 0.0182. The Morgan fingerprint density at radius 1 is 1.08 bits per heavy atom. The highest BCUT2D eigenvalue weighted by molar-refractivity contribution is 7.99. The third-order valence-electron chi connectivity index (χ3n) is 3.74. The number of nitrogens with one attached hydrogen (secondary N) is 1. The summed E-state index contributed by atoms with van der Waals surface area (Å²) in [5, 5.41) is 13.2. The van der Waals surface area contributed by atoms with E-state index >= 15 is 0 Å². The topological polar surface area (TPSA) is 67.8 Å². The first kappa shape index (κ1) is 18.5. The maximum Gasteiger partial charge on any atom is 0.230 e. The summed E-state index contributed by atoms with van der Waals surface area (Å²) in [4.78, 5) is 17.5. The fraction of sp³-hybridized carbons (Fsp3) is 0.263. The number of aryl methyl sites for hydroxylation is 3. The molecule has 0 aliphatic heterocycles. The van der Waals surface area contributed by atoms with Crippen molar-refractivity contribution in [1.29, 1.82) is 0 Å². The number of rotatable bonds is 6. The van der Waals surface area contributed by atoms with Crippen LogP contribution >= 0.6 is 23.1 Å². The molecule has 0 saturated carbocycles. The lowest BCUT2D eigenvalue weighted by Crippen LogP contribution is -2.24. The van der Waals surface area contributed by atoms with Crippen molar-refractivity contribution < 1.29 is 4.79 Å². The largest absolute Gasteiger partial charge is 0.351 e. The van der Waals surface area contributed by atoms with Crippen LogP contribution in [0.5, 0.6) is 0 Å². The molecule has 0 unspecified atom stereocenters. The van der Waals surface area contributed by atoms with Crippen molar-refractivity contribution in [3.63, 3.8) is 0 Å². The number of aromatic nitrogens is 3. The predicted octanol–water partition coefficient (Wildman–Crippen LogP) is 3.93. The van der Waals surface area contributed by atoms with E-state index in [1.165, 1.54) is 17.3 Å². The van der Waals surface area contributed by atoms with Gasteiger partial charge in [-0.15, -0.1) is 21.5 Å². The third kappa shape index (κ3) is 4.89. The van der Waals surface area contributed by atoms with E-state index in [1.54, 1.807) is 11.3 Å². The van der Waals surface area contributed by atoms with Gasteiger partial charge in [-0.25, -0.2) is 4.98 Å². The molecular formula is C19H20N4OS2. The zero-order valence-corrected chi connectivity index (χ0v) is 16.6. The van der Waals surface area contributed by atoms with Crippen molar-refractivity contribution in [3.05, 3.63) is 58.2 Å². The molecule has 26 heavy (non-hydrogen) atoms. The lowest BCUT2D eigenvalue weighted by atomic mass is 10.1. The maximum atomic E-state index is 12.0. The van der Waals surface area contributed by atoms with E-state index in [9.17, 15) is 4.79 Å². The van der Waals surface area contributed by atoms with Crippen LogP contribution in [0.4, 0.5) is 0 Å². The number of hydrogen-bond donors (Lipinski definition) is 1. The van der Waals surface area contributed by atoms with Crippen molar-refractivity contribution in [2.75, 3.05) is 5.75 Å². The van der Waals surface area contributed by atoms with Crippen LogP contribution in [-0.4, -0.2) is 26.8 Å². The van der Waals surface area contributed by atoms with E-state index in [0.717, 1.165) is 31.9 Å². The Hall–Kier alpha value is -2.25. The van der Waals surface area contributed by atoms with Gasteiger partial charge in [0, 0.05) is 6.54 Å². The molecule has 0 fully saturated rings. The Balaban J connectivity index is 1.50. The van der Waals surface area contributed by atoms with Crippen LogP contribution in [0.25, 0.3) is 10.6 Å². The van der Waals surface area contributed by atoms with Crippen molar-refractivity contribution >= 4 is 29.0 Å². The van der Waals surface area contributed by atoms with E-state index < -0.39 is 0 Å². The number of carbonyl (C=O) groups is 1. The van der Waals surface area contributed by atoms with Crippen LogP contribution in [0.15, 0.2) is 41.4 Å². The lowest BCUT2D eigenvalue weighted by molar-refractivity contribution is -0.118. The number of nitrogens with zero attached hydrogens (tertiary/aromatic N) is 3. The van der Waals surface area contributed by atoms with Crippen molar-refractivity contribution in [3.8, 4) is 10.6 Å². The van der Waals surface area contributed by atoms with Crippen LogP contribution in [0.3, 0.4) is 0 Å². The summed E-state index contributed by atoms with van der Waals surface area (Å²) in [5.41, 5.74) is 4.09. The highest BCUT2D eigenvalue weighted by Crippen LogP contribution is 2.28. The molecule has 7 heteroatoms. The molecular weight excluding hydrogens is 364 g/mol. The first-order valence-corrected chi connectivity index (χ1v) is 10.0. The average molecular weight is 385 g/mol. The van der Waals surface area contributed by atoms with Gasteiger partial charge in [-0.05, 0) is 38.5 Å². The summed E-state index contributed by atoms with van der Waals surface area (Å²) in [7, 11) is 0. The van der Waals surface area contributed by atoms with Crippen LogP contribution in [0, 0.1) is 20.8 Å². The molecule has 1 aromatic carbocycles. The highest BCUT2D eigenvalue weighted by Gasteiger charge is 2.10. The zero-order valence-electron chi connectivity index (χ0n) is 14.9. The number of hydrogen-bond acceptors (Lipinski definition) is 6. The number of carbonyl (C=O) groups excluding carboxylic acids is 1. The standard InChI is InChI=1S/C19H20N4OS2/c1-12-4-6-15(7-5-12)10-20-17(24)11-25-18-9-8-16(22-23-18)19-13(2)21-14(3)26-19/h4-9H,10-11H2,1-3H3,(H,20,24). The van der Waals surface area contributed by atoms with E-state index in [1.807, 2.05) is 57.2 Å². The van der Waals surface area contributed by atoms with Gasteiger partial charge >= 0.3 is 0 Å². The second kappa shape index (κ2) is 8.42. The van der Waals surface area contributed by atoms with Gasteiger partial charge in [0.25, 0.3) is 0 Å². The molecule has 3 aromatic rings. The second-order valence-corrected chi connectivity index (χ2v) is 8.15. The number of amides is 1. The van der Waals surface area contributed by atoms with Crippen molar-refractivity contribution in [2.24, 2.45) is 0 Å². The van der Waals surface area contributed by atoms with Gasteiger partial charge < -0.3 is 5.32 Å². The van der Waals surface area contributed by atoms with E-state index in [0.29, 0.717) is 12.3 Å². The third-order valence-corrected chi connectivity index (χ3v) is 5.75. The quantitative estimate of drug-likeness (QED) is 0.652. The first-order valence-electron chi connectivity index (χ1n) is 8.24. The summed E-state index contributed by atoms with van der Waals surface area (Å²) < 4.78 is 0. The SMILES string of the molecule is Cc1ccc(CNC(=O)CSc2ccc(-c3sc(C)nc3C)nn2)cc1. The first-order chi connectivity index (χ1) is 12.5. The smallest absolute Gasteiger partial charge is 0.230 e. The molecule has 134 valence electrons. The molecule has 0 aliphatic rings. The molecule has 3 rings (SSSR count). The number of thiazole rings is 1. The normalized spacial score (nSPS) is 10.7. The summed E-state index contributed by atoms with van der Waals surface area (Å²) in [6.07, 6.45) is 0. The monoisotopic (exact) mass is 384 g/mol. The molecule has 0 bridgehead atoms. The van der Waals surface area contributed by atoms with Gasteiger partial charge in [0.2, 0.25) is 5.91 Å². The van der Waals surface area contributed by atoms with Gasteiger partial charge in [0.05, 0.1) is 21.3 Å². The molecule has 0 atom stereocenters. The number of benzene rings is 1. The summed E-state index contributed by atoms with van der Waals surface area (Å²) >= 11 is 2.99. The molecule has 2 aromatic heterocycles.